The van der Waals surface area contributed by atoms with Crippen molar-refractivity contribution in [2.75, 3.05) is 0 Å². The standard InChI is InChI=1S/C18H17N3OS2/c1-18(14-2-3-15-13(8-14)5-7-24-15)9-16(22)21(17(19)20-18)10-12-4-6-23-11-12/h2-8,11H,9-10H2,1H3,(H2,19,20)/t18-/m0/s1. The maximum Gasteiger partial charge on any atom is 0.232 e. The van der Waals surface area contributed by atoms with Crippen molar-refractivity contribution in [3.8, 4) is 0 Å². The van der Waals surface area contributed by atoms with Gasteiger partial charge in [0.1, 0.15) is 0 Å². The highest BCUT2D eigenvalue weighted by atomic mass is 32.1. The molecule has 24 heavy (non-hydrogen) atoms. The average Bonchev–Trinajstić information content (AvgIpc) is 3.21. The predicted molar refractivity (Wildman–Crippen MR) is 100 cm³/mol. The number of guanidine groups is 1. The molecule has 122 valence electrons. The number of carbonyl (C=O) groups excluding carboxylic acids is 1. The first-order valence-electron chi connectivity index (χ1n) is 7.70. The van der Waals surface area contributed by atoms with E-state index in [2.05, 4.69) is 29.6 Å². The monoisotopic (exact) mass is 355 g/mol. The summed E-state index contributed by atoms with van der Waals surface area (Å²) in [6.07, 6.45) is 0.327. The molecule has 0 unspecified atom stereocenters. The molecule has 2 N–H and O–H groups in total. The normalized spacial score (nSPS) is 21.3. The Morgan fingerprint density at radius 3 is 2.92 bits per heavy atom. The highest BCUT2D eigenvalue weighted by molar-refractivity contribution is 7.17. The molecule has 0 saturated carbocycles. The van der Waals surface area contributed by atoms with E-state index >= 15 is 0 Å². The fourth-order valence-corrected chi connectivity index (χ4v) is 4.50. The fourth-order valence-electron chi connectivity index (χ4n) is 3.07. The maximum absolute atomic E-state index is 12.7. The molecule has 0 saturated heterocycles. The quantitative estimate of drug-likeness (QED) is 0.774. The number of nitrogens with zero attached hydrogens (tertiary/aromatic N) is 2. The Labute approximate surface area is 148 Å². The van der Waals surface area contributed by atoms with Gasteiger partial charge in [-0.2, -0.15) is 11.3 Å². The van der Waals surface area contributed by atoms with Gasteiger partial charge >= 0.3 is 0 Å². The zero-order valence-electron chi connectivity index (χ0n) is 13.2. The third kappa shape index (κ3) is 2.61. The smallest absolute Gasteiger partial charge is 0.232 e. The van der Waals surface area contributed by atoms with Gasteiger partial charge in [-0.15, -0.1) is 11.3 Å². The van der Waals surface area contributed by atoms with E-state index in [1.54, 1.807) is 27.6 Å². The number of benzene rings is 1. The average molecular weight is 355 g/mol. The van der Waals surface area contributed by atoms with Crippen molar-refractivity contribution in [1.29, 1.82) is 0 Å². The molecule has 3 heterocycles. The van der Waals surface area contributed by atoms with Gasteiger partial charge in [-0.25, -0.2) is 4.99 Å². The van der Waals surface area contributed by atoms with Crippen molar-refractivity contribution in [3.05, 3.63) is 57.6 Å². The van der Waals surface area contributed by atoms with Gasteiger partial charge < -0.3 is 5.73 Å². The number of aliphatic imine (C=N–C) groups is 1. The molecule has 0 bridgehead atoms. The van der Waals surface area contributed by atoms with Crippen LogP contribution in [0.15, 0.2) is 51.5 Å². The van der Waals surface area contributed by atoms with Crippen molar-refractivity contribution in [3.63, 3.8) is 0 Å². The topological polar surface area (TPSA) is 58.7 Å². The minimum atomic E-state index is -0.609. The third-order valence-corrected chi connectivity index (χ3v) is 6.06. The van der Waals surface area contributed by atoms with E-state index in [4.69, 9.17) is 10.7 Å². The van der Waals surface area contributed by atoms with Crippen LogP contribution in [0.2, 0.25) is 0 Å². The third-order valence-electron chi connectivity index (χ3n) is 4.43. The molecule has 3 aromatic rings. The number of amides is 1. The van der Waals surface area contributed by atoms with Crippen LogP contribution >= 0.6 is 22.7 Å². The lowest BCUT2D eigenvalue weighted by molar-refractivity contribution is -0.130. The summed E-state index contributed by atoms with van der Waals surface area (Å²) < 4.78 is 1.24. The molecule has 6 heteroatoms. The van der Waals surface area contributed by atoms with Gasteiger partial charge in [-0.1, -0.05) is 6.07 Å². The Bertz CT molecular complexity index is 929. The van der Waals surface area contributed by atoms with E-state index in [1.807, 2.05) is 23.8 Å². The lowest BCUT2D eigenvalue weighted by atomic mass is 9.87. The first-order chi connectivity index (χ1) is 11.5. The Balaban J connectivity index is 1.68. The second-order valence-electron chi connectivity index (χ2n) is 6.21. The minimum Gasteiger partial charge on any atom is -0.369 e. The maximum atomic E-state index is 12.7. The van der Waals surface area contributed by atoms with Gasteiger partial charge in [0, 0.05) is 4.70 Å². The van der Waals surface area contributed by atoms with Gasteiger partial charge in [-0.05, 0) is 63.8 Å². The van der Waals surface area contributed by atoms with Crippen molar-refractivity contribution in [2.45, 2.75) is 25.4 Å². The van der Waals surface area contributed by atoms with E-state index in [-0.39, 0.29) is 5.91 Å². The molecule has 1 amide bonds. The zero-order chi connectivity index (χ0) is 16.7. The second-order valence-corrected chi connectivity index (χ2v) is 7.93. The highest BCUT2D eigenvalue weighted by Crippen LogP contribution is 2.36. The first-order valence-corrected chi connectivity index (χ1v) is 9.52. The molecule has 0 fully saturated rings. The summed E-state index contributed by atoms with van der Waals surface area (Å²) in [5, 5.41) is 7.28. The molecule has 1 aromatic carbocycles. The summed E-state index contributed by atoms with van der Waals surface area (Å²) in [5.41, 5.74) is 7.65. The van der Waals surface area contributed by atoms with Crippen LogP contribution < -0.4 is 5.73 Å². The number of carbonyl (C=O) groups is 1. The summed E-state index contributed by atoms with van der Waals surface area (Å²) in [5.74, 6) is 0.312. The Morgan fingerprint density at radius 1 is 1.29 bits per heavy atom. The SMILES string of the molecule is C[C@@]1(c2ccc3sccc3c2)CC(=O)N(Cc2ccsc2)C(N)=N1. The largest absolute Gasteiger partial charge is 0.369 e. The van der Waals surface area contributed by atoms with Gasteiger partial charge in [-0.3, -0.25) is 9.69 Å². The summed E-state index contributed by atoms with van der Waals surface area (Å²) in [4.78, 5) is 19.0. The summed E-state index contributed by atoms with van der Waals surface area (Å²) in [6, 6.07) is 10.4. The number of rotatable bonds is 3. The van der Waals surface area contributed by atoms with Gasteiger partial charge in [0.05, 0.1) is 18.5 Å². The Morgan fingerprint density at radius 2 is 2.17 bits per heavy atom. The van der Waals surface area contributed by atoms with Crippen molar-refractivity contribution in [2.24, 2.45) is 10.7 Å². The van der Waals surface area contributed by atoms with E-state index in [0.29, 0.717) is 18.9 Å². The highest BCUT2D eigenvalue weighted by Gasteiger charge is 2.37. The number of fused-ring (bicyclic) bond motifs is 1. The lowest BCUT2D eigenvalue weighted by Crippen LogP contribution is -2.49. The number of hydrogen-bond acceptors (Lipinski definition) is 5. The van der Waals surface area contributed by atoms with Crippen LogP contribution in [0.3, 0.4) is 0 Å². The number of thiophene rings is 2. The second kappa shape index (κ2) is 5.72. The van der Waals surface area contributed by atoms with Crippen molar-refractivity contribution >= 4 is 44.6 Å². The van der Waals surface area contributed by atoms with Crippen LogP contribution in [-0.4, -0.2) is 16.8 Å². The lowest BCUT2D eigenvalue weighted by Gasteiger charge is -2.35. The summed E-state index contributed by atoms with van der Waals surface area (Å²) in [6.45, 7) is 2.46. The molecule has 2 aromatic heterocycles. The van der Waals surface area contributed by atoms with E-state index in [1.165, 1.54) is 10.1 Å². The fraction of sp³-hybridized carbons (Fsp3) is 0.222. The van der Waals surface area contributed by atoms with E-state index in [9.17, 15) is 4.79 Å². The Hall–Kier alpha value is -2.18. The van der Waals surface area contributed by atoms with E-state index < -0.39 is 5.54 Å². The first kappa shape index (κ1) is 15.4. The van der Waals surface area contributed by atoms with Crippen LogP contribution in [0, 0.1) is 0 Å². The van der Waals surface area contributed by atoms with Gasteiger partial charge in [0.15, 0.2) is 5.96 Å². The van der Waals surface area contributed by atoms with Gasteiger partial charge in [0.25, 0.3) is 0 Å². The van der Waals surface area contributed by atoms with Crippen molar-refractivity contribution < 1.29 is 4.79 Å². The van der Waals surface area contributed by atoms with Crippen LogP contribution in [0.5, 0.6) is 0 Å². The van der Waals surface area contributed by atoms with Crippen LogP contribution in [0.4, 0.5) is 0 Å². The molecular weight excluding hydrogens is 338 g/mol. The zero-order valence-corrected chi connectivity index (χ0v) is 14.9. The molecule has 0 radical (unpaired) electrons. The molecule has 4 rings (SSSR count). The number of nitrogens with two attached hydrogens (primary N) is 1. The molecule has 1 aliphatic rings. The molecule has 4 nitrogen and oxygen atoms in total. The molecule has 0 spiro atoms. The molecular formula is C18H17N3OS2. The van der Waals surface area contributed by atoms with Gasteiger partial charge in [0.2, 0.25) is 5.91 Å². The summed E-state index contributed by atoms with van der Waals surface area (Å²) >= 11 is 3.32. The molecule has 1 atom stereocenters. The minimum absolute atomic E-state index is 0.0154. The van der Waals surface area contributed by atoms with Crippen LogP contribution in [-0.2, 0) is 16.9 Å². The predicted octanol–water partition coefficient (Wildman–Crippen LogP) is 3.93. The van der Waals surface area contributed by atoms with Crippen LogP contribution in [0.25, 0.3) is 10.1 Å². The van der Waals surface area contributed by atoms with E-state index in [0.717, 1.165) is 11.1 Å². The van der Waals surface area contributed by atoms with Crippen LogP contribution in [0.1, 0.15) is 24.5 Å². The van der Waals surface area contributed by atoms with Crippen molar-refractivity contribution in [1.82, 2.24) is 4.90 Å². The molecule has 1 aliphatic heterocycles. The summed E-state index contributed by atoms with van der Waals surface area (Å²) in [7, 11) is 0. The Kier molecular flexibility index (Phi) is 3.66. The number of hydrogen-bond donors (Lipinski definition) is 1. The molecule has 0 aliphatic carbocycles.